The number of carbonyl (C=O) groups is 1. The summed E-state index contributed by atoms with van der Waals surface area (Å²) in [4.78, 5) is 11.1. The van der Waals surface area contributed by atoms with Gasteiger partial charge in [-0.05, 0) is 30.2 Å². The Hall–Kier alpha value is -3.52. The fourth-order valence-electron chi connectivity index (χ4n) is 3.04. The number of anilines is 1. The molecule has 0 aliphatic rings. The molecule has 3 rings (SSSR count). The van der Waals surface area contributed by atoms with E-state index in [4.69, 9.17) is 4.74 Å². The Bertz CT molecular complexity index is 1180. The van der Waals surface area contributed by atoms with Crippen LogP contribution in [-0.4, -0.2) is 31.2 Å². The van der Waals surface area contributed by atoms with Crippen molar-refractivity contribution in [3.8, 4) is 22.6 Å². The largest absolute Gasteiger partial charge is 0.505 e. The third-order valence-electron chi connectivity index (χ3n) is 4.61. The minimum atomic E-state index is -4.20. The summed E-state index contributed by atoms with van der Waals surface area (Å²) in [5.74, 6) is -1.83. The summed E-state index contributed by atoms with van der Waals surface area (Å²) in [5, 5.41) is 19.4. The molecule has 3 aromatic carbocycles. The minimum absolute atomic E-state index is 0.106. The van der Waals surface area contributed by atoms with E-state index in [1.54, 1.807) is 12.1 Å². The second kappa shape index (κ2) is 9.53. The molecule has 162 valence electrons. The molecule has 0 heterocycles. The van der Waals surface area contributed by atoms with Crippen molar-refractivity contribution in [2.24, 2.45) is 0 Å². The van der Waals surface area contributed by atoms with Crippen LogP contribution in [0.2, 0.25) is 0 Å². The van der Waals surface area contributed by atoms with Crippen molar-refractivity contribution in [3.05, 3.63) is 72.3 Å². The van der Waals surface area contributed by atoms with Crippen LogP contribution in [0.5, 0.6) is 11.5 Å². The molecule has 8 heteroatoms. The highest BCUT2D eigenvalue weighted by Gasteiger charge is 2.25. The number of hydrogen-bond donors (Lipinski definition) is 3. The van der Waals surface area contributed by atoms with Gasteiger partial charge in [0.25, 0.3) is 10.0 Å². The number of benzene rings is 3. The van der Waals surface area contributed by atoms with Crippen molar-refractivity contribution in [2.45, 2.75) is 24.7 Å². The molecule has 0 aliphatic carbocycles. The van der Waals surface area contributed by atoms with Gasteiger partial charge in [0.15, 0.2) is 5.75 Å². The highest BCUT2D eigenvalue weighted by Crippen LogP contribution is 2.38. The van der Waals surface area contributed by atoms with Gasteiger partial charge in [-0.3, -0.25) is 4.72 Å². The Kier molecular flexibility index (Phi) is 6.81. The van der Waals surface area contributed by atoms with Gasteiger partial charge in [0.05, 0.1) is 12.3 Å². The highest BCUT2D eigenvalue weighted by molar-refractivity contribution is 7.92. The Balaban J connectivity index is 2.08. The van der Waals surface area contributed by atoms with Crippen LogP contribution in [0.15, 0.2) is 71.6 Å². The van der Waals surface area contributed by atoms with Crippen LogP contribution in [0.25, 0.3) is 11.1 Å². The highest BCUT2D eigenvalue weighted by atomic mass is 32.2. The predicted molar refractivity (Wildman–Crippen MR) is 118 cm³/mol. The molecule has 3 N–H and O–H groups in total. The molecule has 0 aromatic heterocycles. The van der Waals surface area contributed by atoms with E-state index in [0.717, 1.165) is 18.4 Å². The number of unbranched alkanes of at least 4 members (excludes halogenated alkanes) is 1. The number of aromatic carboxylic acids is 1. The van der Waals surface area contributed by atoms with Gasteiger partial charge in [0.2, 0.25) is 0 Å². The van der Waals surface area contributed by atoms with Crippen molar-refractivity contribution in [2.75, 3.05) is 11.3 Å². The molecular formula is C23H23NO6S. The summed E-state index contributed by atoms with van der Waals surface area (Å²) >= 11 is 0. The molecule has 0 bridgehead atoms. The monoisotopic (exact) mass is 441 g/mol. The molecular weight excluding hydrogens is 418 g/mol. The Labute approximate surface area is 181 Å². The summed E-state index contributed by atoms with van der Waals surface area (Å²) in [7, 11) is -4.20. The molecule has 31 heavy (non-hydrogen) atoms. The van der Waals surface area contributed by atoms with Gasteiger partial charge in [-0.1, -0.05) is 61.9 Å². The first-order chi connectivity index (χ1) is 14.8. The number of rotatable bonds is 9. The van der Waals surface area contributed by atoms with Crippen molar-refractivity contribution in [3.63, 3.8) is 0 Å². The SMILES string of the molecule is CCCCOc1c(-c2ccccc2)cccc1S(=O)(=O)Nc1cccc(C(=O)O)c1O. The first-order valence-electron chi connectivity index (χ1n) is 9.74. The molecule has 0 fully saturated rings. The lowest BCUT2D eigenvalue weighted by molar-refractivity contribution is 0.0694. The molecule has 0 spiro atoms. The van der Waals surface area contributed by atoms with Crippen LogP contribution in [0.4, 0.5) is 5.69 Å². The molecule has 0 amide bonds. The fourth-order valence-corrected chi connectivity index (χ4v) is 4.27. The van der Waals surface area contributed by atoms with Crippen molar-refractivity contribution >= 4 is 21.7 Å². The lowest BCUT2D eigenvalue weighted by Gasteiger charge is -2.17. The molecule has 3 aromatic rings. The van der Waals surface area contributed by atoms with E-state index in [-0.39, 0.29) is 16.3 Å². The topological polar surface area (TPSA) is 113 Å². The number of aromatic hydroxyl groups is 1. The van der Waals surface area contributed by atoms with Crippen molar-refractivity contribution < 1.29 is 28.2 Å². The number of carboxylic acids is 1. The number of nitrogens with one attached hydrogen (secondary N) is 1. The summed E-state index contributed by atoms with van der Waals surface area (Å²) in [5.41, 5.74) is 0.770. The summed E-state index contributed by atoms with van der Waals surface area (Å²) in [6.45, 7) is 2.34. The number of ether oxygens (including phenoxy) is 1. The third kappa shape index (κ3) is 4.97. The van der Waals surface area contributed by atoms with Gasteiger partial charge in [-0.15, -0.1) is 0 Å². The lowest BCUT2D eigenvalue weighted by Crippen LogP contribution is -2.16. The Morgan fingerprint density at radius 2 is 1.71 bits per heavy atom. The fraction of sp³-hybridized carbons (Fsp3) is 0.174. The molecule has 0 unspecified atom stereocenters. The maximum absolute atomic E-state index is 13.2. The number of sulfonamides is 1. The van der Waals surface area contributed by atoms with Crippen molar-refractivity contribution in [1.29, 1.82) is 0 Å². The van der Waals surface area contributed by atoms with Crippen LogP contribution in [0, 0.1) is 0 Å². The summed E-state index contributed by atoms with van der Waals surface area (Å²) < 4.78 is 34.6. The number of phenols is 1. The van der Waals surface area contributed by atoms with Crippen LogP contribution in [0.3, 0.4) is 0 Å². The predicted octanol–water partition coefficient (Wildman–Crippen LogP) is 4.74. The second-order valence-electron chi connectivity index (χ2n) is 6.81. The molecule has 0 atom stereocenters. The summed E-state index contributed by atoms with van der Waals surface area (Å²) in [6, 6.07) is 17.9. The lowest BCUT2D eigenvalue weighted by atomic mass is 10.0. The molecule has 7 nitrogen and oxygen atoms in total. The first kappa shape index (κ1) is 22.2. The van der Waals surface area contributed by atoms with Crippen LogP contribution in [0.1, 0.15) is 30.1 Å². The first-order valence-corrected chi connectivity index (χ1v) is 11.2. The van der Waals surface area contributed by atoms with E-state index < -0.39 is 27.3 Å². The zero-order valence-electron chi connectivity index (χ0n) is 16.9. The maximum atomic E-state index is 13.2. The average Bonchev–Trinajstić information content (AvgIpc) is 2.75. The molecule has 0 aliphatic heterocycles. The zero-order chi connectivity index (χ0) is 22.4. The number of hydrogen-bond acceptors (Lipinski definition) is 5. The summed E-state index contributed by atoms with van der Waals surface area (Å²) in [6.07, 6.45) is 1.63. The van der Waals surface area contributed by atoms with E-state index in [1.807, 2.05) is 37.3 Å². The van der Waals surface area contributed by atoms with Crippen molar-refractivity contribution in [1.82, 2.24) is 0 Å². The van der Waals surface area contributed by atoms with Gasteiger partial charge >= 0.3 is 5.97 Å². The maximum Gasteiger partial charge on any atom is 0.339 e. The van der Waals surface area contributed by atoms with Gasteiger partial charge in [-0.2, -0.15) is 0 Å². The van der Waals surface area contributed by atoms with Gasteiger partial charge in [-0.25, -0.2) is 13.2 Å². The number of para-hydroxylation sites is 2. The van der Waals surface area contributed by atoms with Crippen LogP contribution >= 0.6 is 0 Å². The normalized spacial score (nSPS) is 11.1. The average molecular weight is 442 g/mol. The zero-order valence-corrected chi connectivity index (χ0v) is 17.7. The Morgan fingerprint density at radius 1 is 1.00 bits per heavy atom. The smallest absolute Gasteiger partial charge is 0.339 e. The van der Waals surface area contributed by atoms with Crippen LogP contribution in [-0.2, 0) is 10.0 Å². The van der Waals surface area contributed by atoms with Gasteiger partial charge < -0.3 is 14.9 Å². The van der Waals surface area contributed by atoms with E-state index in [2.05, 4.69) is 4.72 Å². The van der Waals surface area contributed by atoms with Gasteiger partial charge in [0, 0.05) is 5.56 Å². The van der Waals surface area contributed by atoms with Crippen LogP contribution < -0.4 is 9.46 Å². The number of carboxylic acid groups (broad SMARTS) is 1. The second-order valence-corrected chi connectivity index (χ2v) is 8.46. The quantitative estimate of drug-likeness (QED) is 0.327. The minimum Gasteiger partial charge on any atom is -0.505 e. The molecule has 0 radical (unpaired) electrons. The van der Waals surface area contributed by atoms with E-state index >= 15 is 0 Å². The third-order valence-corrected chi connectivity index (χ3v) is 6.00. The molecule has 0 saturated carbocycles. The standard InChI is InChI=1S/C23H23NO6S/c1-2-3-15-30-22-17(16-9-5-4-6-10-16)11-8-14-20(22)31(28,29)24-19-13-7-12-18(21(19)25)23(26)27/h4-14,24-25H,2-3,15H2,1H3,(H,26,27). The van der Waals surface area contributed by atoms with Gasteiger partial charge in [0.1, 0.15) is 16.2 Å². The van der Waals surface area contributed by atoms with E-state index in [9.17, 15) is 23.4 Å². The van der Waals surface area contributed by atoms with E-state index in [1.165, 1.54) is 24.3 Å². The molecule has 0 saturated heterocycles. The Morgan fingerprint density at radius 3 is 2.39 bits per heavy atom. The van der Waals surface area contributed by atoms with E-state index in [0.29, 0.717) is 12.2 Å².